The van der Waals surface area contributed by atoms with Crippen LogP contribution in [0.25, 0.3) is 0 Å². The van der Waals surface area contributed by atoms with E-state index in [4.69, 9.17) is 14.2 Å². The molecule has 0 radical (unpaired) electrons. The molecule has 40 heavy (non-hydrogen) atoms. The quantitative estimate of drug-likeness (QED) is 0.0826. The van der Waals surface area contributed by atoms with E-state index in [0.717, 1.165) is 18.6 Å². The average Bonchev–Trinajstić information content (AvgIpc) is 2.98. The Morgan fingerprint density at radius 1 is 0.600 bits per heavy atom. The van der Waals surface area contributed by atoms with Gasteiger partial charge in [-0.2, -0.15) is 0 Å². The molecule has 0 aromatic heterocycles. The lowest BCUT2D eigenvalue weighted by Crippen LogP contribution is -2.12. The van der Waals surface area contributed by atoms with Gasteiger partial charge in [0.05, 0.1) is 24.3 Å². The van der Waals surface area contributed by atoms with Crippen LogP contribution in [-0.4, -0.2) is 25.2 Å². The summed E-state index contributed by atoms with van der Waals surface area (Å²) >= 11 is 0. The molecule has 1 unspecified atom stereocenters. The van der Waals surface area contributed by atoms with Gasteiger partial charge in [-0.3, -0.25) is 0 Å². The Bertz CT molecular complexity index is 935. The van der Waals surface area contributed by atoms with Crippen LogP contribution in [0, 0.1) is 5.92 Å². The molecule has 0 aliphatic carbocycles. The van der Waals surface area contributed by atoms with Crippen molar-refractivity contribution in [3.8, 4) is 11.5 Å². The second-order valence-electron chi connectivity index (χ2n) is 11.0. The van der Waals surface area contributed by atoms with Gasteiger partial charge in [0.15, 0.2) is 0 Å². The average molecular weight is 553 g/mol. The van der Waals surface area contributed by atoms with Crippen LogP contribution in [0.1, 0.15) is 138 Å². The number of hydrogen-bond donors (Lipinski definition) is 0. The summed E-state index contributed by atoms with van der Waals surface area (Å²) in [5.41, 5.74) is 0.879. The highest BCUT2D eigenvalue weighted by molar-refractivity contribution is 5.92. The van der Waals surface area contributed by atoms with Gasteiger partial charge in [0.25, 0.3) is 0 Å². The van der Waals surface area contributed by atoms with Gasteiger partial charge in [-0.05, 0) is 60.9 Å². The van der Waals surface area contributed by atoms with Gasteiger partial charge in [0.2, 0.25) is 0 Å². The van der Waals surface area contributed by atoms with Crippen molar-refractivity contribution in [2.45, 2.75) is 117 Å². The van der Waals surface area contributed by atoms with E-state index < -0.39 is 5.97 Å². The maximum absolute atomic E-state index is 12.5. The van der Waals surface area contributed by atoms with Gasteiger partial charge < -0.3 is 14.2 Å². The highest BCUT2D eigenvalue weighted by Gasteiger charge is 2.12. The number of hydrogen-bond acceptors (Lipinski definition) is 5. The first kappa shape index (κ1) is 33.4. The summed E-state index contributed by atoms with van der Waals surface area (Å²) in [6.07, 6.45) is 19.7. The van der Waals surface area contributed by atoms with E-state index in [9.17, 15) is 9.59 Å². The van der Waals surface area contributed by atoms with Crippen molar-refractivity contribution in [1.29, 1.82) is 0 Å². The lowest BCUT2D eigenvalue weighted by Gasteiger charge is -2.10. The smallest absolute Gasteiger partial charge is 0.343 e. The van der Waals surface area contributed by atoms with Crippen LogP contribution in [0.3, 0.4) is 0 Å². The molecular weight excluding hydrogens is 500 g/mol. The number of ether oxygens (including phenoxy) is 3. The third-order valence-corrected chi connectivity index (χ3v) is 7.35. The summed E-state index contributed by atoms with van der Waals surface area (Å²) in [5, 5.41) is 0. The molecule has 0 spiro atoms. The van der Waals surface area contributed by atoms with Crippen molar-refractivity contribution >= 4 is 11.9 Å². The first-order valence-corrected chi connectivity index (χ1v) is 15.8. The second-order valence-corrected chi connectivity index (χ2v) is 11.0. The first-order valence-electron chi connectivity index (χ1n) is 15.8. The summed E-state index contributed by atoms with van der Waals surface area (Å²) in [4.78, 5) is 24.6. The fraction of sp³-hybridized carbons (Fsp3) is 0.600. The van der Waals surface area contributed by atoms with Crippen LogP contribution in [0.2, 0.25) is 0 Å². The number of esters is 2. The Hall–Kier alpha value is -2.82. The van der Waals surface area contributed by atoms with Gasteiger partial charge in [-0.15, -0.1) is 0 Å². The summed E-state index contributed by atoms with van der Waals surface area (Å²) in [6, 6.07) is 13.4. The highest BCUT2D eigenvalue weighted by atomic mass is 16.5. The molecule has 2 aromatic rings. The van der Waals surface area contributed by atoms with E-state index in [0.29, 0.717) is 36.0 Å². The van der Waals surface area contributed by atoms with E-state index in [1.165, 1.54) is 83.5 Å². The van der Waals surface area contributed by atoms with Gasteiger partial charge in [0, 0.05) is 0 Å². The minimum absolute atomic E-state index is 0.324. The zero-order valence-corrected chi connectivity index (χ0v) is 25.3. The van der Waals surface area contributed by atoms with E-state index >= 15 is 0 Å². The zero-order valence-electron chi connectivity index (χ0n) is 25.3. The predicted molar refractivity (Wildman–Crippen MR) is 163 cm³/mol. The SMILES string of the molecule is CCCCCCCCCCCCCCCCOc1ccc(C(=O)Oc2ccc(C(=O)OCC(C)CC)cc2)cc1. The topological polar surface area (TPSA) is 61.8 Å². The van der Waals surface area contributed by atoms with Crippen LogP contribution in [0.15, 0.2) is 48.5 Å². The molecule has 0 N–H and O–H groups in total. The fourth-order valence-electron chi connectivity index (χ4n) is 4.42. The molecule has 1 atom stereocenters. The summed E-state index contributed by atoms with van der Waals surface area (Å²) in [7, 11) is 0. The predicted octanol–water partition coefficient (Wildman–Crippen LogP) is 9.97. The van der Waals surface area contributed by atoms with E-state index in [1.807, 2.05) is 6.92 Å². The Morgan fingerprint density at radius 3 is 1.55 bits per heavy atom. The molecule has 0 bridgehead atoms. The molecule has 0 saturated carbocycles. The van der Waals surface area contributed by atoms with Gasteiger partial charge >= 0.3 is 11.9 Å². The van der Waals surface area contributed by atoms with Crippen molar-refractivity contribution in [1.82, 2.24) is 0 Å². The molecule has 2 rings (SSSR count). The molecule has 0 heterocycles. The van der Waals surface area contributed by atoms with Crippen LogP contribution in [0.4, 0.5) is 0 Å². The minimum Gasteiger partial charge on any atom is -0.494 e. The van der Waals surface area contributed by atoms with Crippen LogP contribution >= 0.6 is 0 Å². The normalized spacial score (nSPS) is 11.7. The molecule has 0 saturated heterocycles. The fourth-order valence-corrected chi connectivity index (χ4v) is 4.42. The first-order chi connectivity index (χ1) is 19.5. The van der Waals surface area contributed by atoms with E-state index in [1.54, 1.807) is 48.5 Å². The molecule has 222 valence electrons. The Morgan fingerprint density at radius 2 is 1.05 bits per heavy atom. The molecule has 2 aromatic carbocycles. The maximum Gasteiger partial charge on any atom is 0.343 e. The van der Waals surface area contributed by atoms with E-state index in [2.05, 4.69) is 13.8 Å². The van der Waals surface area contributed by atoms with Crippen LogP contribution in [0.5, 0.6) is 11.5 Å². The van der Waals surface area contributed by atoms with Crippen molar-refractivity contribution in [3.63, 3.8) is 0 Å². The molecular formula is C35H52O5. The maximum atomic E-state index is 12.5. The summed E-state index contributed by atoms with van der Waals surface area (Å²) in [5.74, 6) is 0.631. The zero-order chi connectivity index (χ0) is 28.8. The monoisotopic (exact) mass is 552 g/mol. The number of rotatable bonds is 22. The molecule has 0 aliphatic heterocycles. The highest BCUT2D eigenvalue weighted by Crippen LogP contribution is 2.18. The number of benzene rings is 2. The minimum atomic E-state index is -0.453. The van der Waals surface area contributed by atoms with Crippen molar-refractivity contribution in [2.75, 3.05) is 13.2 Å². The summed E-state index contributed by atoms with van der Waals surface area (Å²) < 4.78 is 16.6. The Kier molecular flexibility index (Phi) is 17.5. The van der Waals surface area contributed by atoms with Gasteiger partial charge in [-0.1, -0.05) is 111 Å². The standard InChI is InChI=1S/C35H52O5/c1-4-6-7-8-9-10-11-12-13-14-15-16-17-18-27-38-32-23-19-31(20-24-32)35(37)40-33-25-21-30(22-26-33)34(36)39-28-29(3)5-2/h19-26,29H,4-18,27-28H2,1-3H3. The largest absolute Gasteiger partial charge is 0.494 e. The van der Waals surface area contributed by atoms with Crippen molar-refractivity contribution in [3.05, 3.63) is 59.7 Å². The number of carbonyl (C=O) groups is 2. The lowest BCUT2D eigenvalue weighted by atomic mass is 10.0. The van der Waals surface area contributed by atoms with Crippen molar-refractivity contribution < 1.29 is 23.8 Å². The number of unbranched alkanes of at least 4 members (excludes halogenated alkanes) is 13. The third kappa shape index (κ3) is 14.5. The molecule has 0 amide bonds. The molecule has 5 heteroatoms. The molecule has 0 fully saturated rings. The van der Waals surface area contributed by atoms with Gasteiger partial charge in [-0.25, -0.2) is 9.59 Å². The number of carbonyl (C=O) groups excluding carboxylic acids is 2. The van der Waals surface area contributed by atoms with Crippen LogP contribution < -0.4 is 9.47 Å². The van der Waals surface area contributed by atoms with Crippen LogP contribution in [-0.2, 0) is 4.74 Å². The van der Waals surface area contributed by atoms with Crippen molar-refractivity contribution in [2.24, 2.45) is 5.92 Å². The molecule has 5 nitrogen and oxygen atoms in total. The lowest BCUT2D eigenvalue weighted by molar-refractivity contribution is 0.0447. The second kappa shape index (κ2) is 21.0. The molecule has 0 aliphatic rings. The third-order valence-electron chi connectivity index (χ3n) is 7.35. The van der Waals surface area contributed by atoms with Gasteiger partial charge in [0.1, 0.15) is 11.5 Å². The Labute approximate surface area is 243 Å². The Balaban J connectivity index is 1.54. The summed E-state index contributed by atoms with van der Waals surface area (Å²) in [6.45, 7) is 7.45. The van der Waals surface area contributed by atoms with E-state index in [-0.39, 0.29) is 5.97 Å².